The predicted octanol–water partition coefficient (Wildman–Crippen LogP) is 2.62. The van der Waals surface area contributed by atoms with Crippen LogP contribution in [0.3, 0.4) is 0 Å². The van der Waals surface area contributed by atoms with Gasteiger partial charge in [0.25, 0.3) is 0 Å². The lowest BCUT2D eigenvalue weighted by Gasteiger charge is -2.03. The van der Waals surface area contributed by atoms with E-state index in [4.69, 9.17) is 0 Å². The normalized spacial score (nSPS) is 18.7. The van der Waals surface area contributed by atoms with Crippen LogP contribution in [0.5, 0.6) is 0 Å². The summed E-state index contributed by atoms with van der Waals surface area (Å²) in [5, 5.41) is 12.8. The van der Waals surface area contributed by atoms with Crippen LogP contribution in [-0.4, -0.2) is 10.1 Å². The first-order chi connectivity index (χ1) is 7.36. The first kappa shape index (κ1) is 8.83. The zero-order valence-electron chi connectivity index (χ0n) is 7.92. The lowest BCUT2D eigenvalue weighted by atomic mass is 10.1. The average molecular weight is 215 g/mol. The Hall–Kier alpha value is -1.45. The summed E-state index contributed by atoms with van der Waals surface area (Å²) in [5.41, 5.74) is 3.12. The number of aliphatic hydroxyl groups is 1. The van der Waals surface area contributed by atoms with E-state index in [1.165, 1.54) is 0 Å². The van der Waals surface area contributed by atoms with Gasteiger partial charge >= 0.3 is 0 Å². The third kappa shape index (κ3) is 1.32. The molecule has 3 heteroatoms. The van der Waals surface area contributed by atoms with Crippen molar-refractivity contribution in [3.05, 3.63) is 58.1 Å². The van der Waals surface area contributed by atoms with Crippen molar-refractivity contribution in [2.75, 3.05) is 0 Å². The molecule has 1 heterocycles. The summed E-state index contributed by atoms with van der Waals surface area (Å²) >= 11 is 1.60. The number of rotatable bonds is 1. The zero-order chi connectivity index (χ0) is 10.3. The number of nitrogens with zero attached hydrogens (tertiary/aromatic N) is 1. The molecule has 0 fully saturated rings. The van der Waals surface area contributed by atoms with Gasteiger partial charge < -0.3 is 5.11 Å². The molecule has 0 spiro atoms. The molecule has 74 valence electrons. The van der Waals surface area contributed by atoms with Gasteiger partial charge in [0.15, 0.2) is 0 Å². The molecule has 2 nitrogen and oxygen atoms in total. The van der Waals surface area contributed by atoms with Gasteiger partial charge in [-0.3, -0.25) is 0 Å². The summed E-state index contributed by atoms with van der Waals surface area (Å²) < 4.78 is 0. The fourth-order valence-corrected chi connectivity index (χ4v) is 2.56. The third-order valence-electron chi connectivity index (χ3n) is 2.56. The van der Waals surface area contributed by atoms with E-state index in [-0.39, 0.29) is 0 Å². The molecular weight excluding hydrogens is 206 g/mol. The van der Waals surface area contributed by atoms with Gasteiger partial charge in [-0.15, -0.1) is 11.3 Å². The summed E-state index contributed by atoms with van der Waals surface area (Å²) in [5.74, 6) is 0. The molecule has 2 aromatic rings. The molecule has 1 N–H and O–H groups in total. The van der Waals surface area contributed by atoms with Crippen molar-refractivity contribution >= 4 is 16.9 Å². The van der Waals surface area contributed by atoms with Crippen molar-refractivity contribution in [2.45, 2.75) is 6.10 Å². The number of benzene rings is 1. The van der Waals surface area contributed by atoms with Crippen LogP contribution in [-0.2, 0) is 0 Å². The Morgan fingerprint density at radius 2 is 2.13 bits per heavy atom. The summed E-state index contributed by atoms with van der Waals surface area (Å²) in [6.45, 7) is 0. The molecular formula is C12H9NOS. The summed E-state index contributed by atoms with van der Waals surface area (Å²) in [4.78, 5) is 4.27. The third-order valence-corrected chi connectivity index (χ3v) is 3.36. The van der Waals surface area contributed by atoms with Crippen LogP contribution in [0.1, 0.15) is 22.2 Å². The van der Waals surface area contributed by atoms with Crippen LogP contribution < -0.4 is 0 Å². The first-order valence-electron chi connectivity index (χ1n) is 4.75. The average Bonchev–Trinajstić information content (AvgIpc) is 2.87. The Bertz CT molecular complexity index is 516. The minimum absolute atomic E-state index is 0.486. The Labute approximate surface area is 91.5 Å². The molecule has 1 unspecified atom stereocenters. The molecule has 0 radical (unpaired) electrons. The monoisotopic (exact) mass is 215 g/mol. The van der Waals surface area contributed by atoms with E-state index in [0.717, 1.165) is 21.7 Å². The molecule has 1 aliphatic rings. The van der Waals surface area contributed by atoms with Gasteiger partial charge in [0.05, 0.1) is 6.10 Å². The van der Waals surface area contributed by atoms with E-state index in [1.54, 1.807) is 17.5 Å². The highest BCUT2D eigenvalue weighted by Crippen LogP contribution is 2.38. The fourth-order valence-electron chi connectivity index (χ4n) is 1.88. The van der Waals surface area contributed by atoms with Gasteiger partial charge in [-0.1, -0.05) is 24.3 Å². The molecule has 1 aliphatic carbocycles. The minimum atomic E-state index is -0.486. The molecule has 1 aromatic heterocycles. The molecule has 1 atom stereocenters. The van der Waals surface area contributed by atoms with Crippen molar-refractivity contribution in [1.82, 2.24) is 4.98 Å². The van der Waals surface area contributed by atoms with E-state index in [9.17, 15) is 5.11 Å². The van der Waals surface area contributed by atoms with Crippen molar-refractivity contribution in [3.63, 3.8) is 0 Å². The van der Waals surface area contributed by atoms with Crippen molar-refractivity contribution < 1.29 is 5.11 Å². The van der Waals surface area contributed by atoms with E-state index in [0.29, 0.717) is 0 Å². The van der Waals surface area contributed by atoms with E-state index in [1.807, 2.05) is 35.7 Å². The minimum Gasteiger partial charge on any atom is -0.384 e. The second kappa shape index (κ2) is 3.29. The fraction of sp³-hybridized carbons (Fsp3) is 0.0833. The van der Waals surface area contributed by atoms with Crippen LogP contribution in [0, 0.1) is 0 Å². The lowest BCUT2D eigenvalue weighted by Crippen LogP contribution is -1.89. The Balaban J connectivity index is 2.17. The van der Waals surface area contributed by atoms with Crippen LogP contribution in [0.25, 0.3) is 5.57 Å². The van der Waals surface area contributed by atoms with Crippen LogP contribution in [0.2, 0.25) is 0 Å². The molecule has 0 aliphatic heterocycles. The number of aliphatic hydroxyl groups excluding tert-OH is 1. The summed E-state index contributed by atoms with van der Waals surface area (Å²) in [6, 6.07) is 7.91. The quantitative estimate of drug-likeness (QED) is 0.793. The number of hydrogen-bond acceptors (Lipinski definition) is 3. The van der Waals surface area contributed by atoms with E-state index in [2.05, 4.69) is 4.98 Å². The highest BCUT2D eigenvalue weighted by Gasteiger charge is 2.22. The lowest BCUT2D eigenvalue weighted by molar-refractivity contribution is 0.232. The number of aromatic nitrogens is 1. The number of hydrogen-bond donors (Lipinski definition) is 1. The highest BCUT2D eigenvalue weighted by molar-refractivity contribution is 7.10. The Morgan fingerprint density at radius 1 is 1.27 bits per heavy atom. The van der Waals surface area contributed by atoms with Gasteiger partial charge in [-0.2, -0.15) is 0 Å². The smallest absolute Gasteiger partial charge is 0.123 e. The van der Waals surface area contributed by atoms with Crippen LogP contribution in [0.15, 0.2) is 41.9 Å². The molecule has 0 saturated heterocycles. The molecule has 1 aromatic carbocycles. The molecule has 0 saturated carbocycles. The van der Waals surface area contributed by atoms with Gasteiger partial charge in [-0.25, -0.2) is 4.98 Å². The molecule has 0 bridgehead atoms. The molecule has 0 amide bonds. The first-order valence-corrected chi connectivity index (χ1v) is 5.63. The van der Waals surface area contributed by atoms with E-state index < -0.39 is 6.10 Å². The van der Waals surface area contributed by atoms with Crippen LogP contribution in [0.4, 0.5) is 0 Å². The van der Waals surface area contributed by atoms with E-state index >= 15 is 0 Å². The Kier molecular flexibility index (Phi) is 1.94. The standard InChI is InChI=1S/C12H9NOS/c14-11-7-10(12-13-5-6-15-12)8-3-1-2-4-9(8)11/h1-7,11,14H. The SMILES string of the molecule is OC1C=C(c2nccs2)c2ccccc21. The number of fused-ring (bicyclic) bond motifs is 1. The highest BCUT2D eigenvalue weighted by atomic mass is 32.1. The maximum atomic E-state index is 9.85. The number of thiazole rings is 1. The largest absolute Gasteiger partial charge is 0.384 e. The van der Waals surface area contributed by atoms with Crippen molar-refractivity contribution in [1.29, 1.82) is 0 Å². The van der Waals surface area contributed by atoms with Gasteiger partial charge in [0.1, 0.15) is 5.01 Å². The second-order valence-electron chi connectivity index (χ2n) is 3.45. The maximum absolute atomic E-state index is 9.85. The van der Waals surface area contributed by atoms with Gasteiger partial charge in [0, 0.05) is 17.2 Å². The van der Waals surface area contributed by atoms with Crippen molar-refractivity contribution in [3.8, 4) is 0 Å². The van der Waals surface area contributed by atoms with Crippen molar-refractivity contribution in [2.24, 2.45) is 0 Å². The zero-order valence-corrected chi connectivity index (χ0v) is 8.74. The Morgan fingerprint density at radius 3 is 2.93 bits per heavy atom. The topological polar surface area (TPSA) is 33.1 Å². The molecule has 3 rings (SSSR count). The predicted molar refractivity (Wildman–Crippen MR) is 60.6 cm³/mol. The van der Waals surface area contributed by atoms with Gasteiger partial charge in [0.2, 0.25) is 0 Å². The van der Waals surface area contributed by atoms with Crippen LogP contribution >= 0.6 is 11.3 Å². The maximum Gasteiger partial charge on any atom is 0.123 e. The molecule has 15 heavy (non-hydrogen) atoms. The van der Waals surface area contributed by atoms with Gasteiger partial charge in [-0.05, 0) is 17.2 Å². The summed E-state index contributed by atoms with van der Waals surface area (Å²) in [7, 11) is 0. The summed E-state index contributed by atoms with van der Waals surface area (Å²) in [6.07, 6.45) is 3.16. The second-order valence-corrected chi connectivity index (χ2v) is 4.34.